The van der Waals surface area contributed by atoms with Crippen molar-refractivity contribution in [2.75, 3.05) is 11.9 Å². The zero-order chi connectivity index (χ0) is 24.9. The minimum atomic E-state index is -2.70. The normalized spacial score (nSPS) is 25.6. The number of fused-ring (bicyclic) bond motifs is 1. The summed E-state index contributed by atoms with van der Waals surface area (Å²) in [6.45, 7) is 9.61. The van der Waals surface area contributed by atoms with Crippen molar-refractivity contribution in [1.82, 2.24) is 19.5 Å². The van der Waals surface area contributed by atoms with Crippen LogP contribution in [0.15, 0.2) is 43.0 Å². The number of rotatable bonds is 5. The summed E-state index contributed by atoms with van der Waals surface area (Å²) >= 11 is 0. The lowest BCUT2D eigenvalue weighted by Crippen LogP contribution is -2.67. The Kier molecular flexibility index (Phi) is 6.11. The van der Waals surface area contributed by atoms with E-state index in [1.54, 1.807) is 28.8 Å². The minimum Gasteiger partial charge on any atom is -0.394 e. The zero-order valence-electron chi connectivity index (χ0n) is 19.9. The quantitative estimate of drug-likeness (QED) is 0.403. The maximum atomic E-state index is 12.7. The molecule has 3 aromatic rings. The Morgan fingerprint density at radius 2 is 1.88 bits per heavy atom. The van der Waals surface area contributed by atoms with E-state index in [1.807, 2.05) is 39.9 Å². The first-order valence-corrected chi connectivity index (χ1v) is 14.1. The van der Waals surface area contributed by atoms with Crippen LogP contribution in [0.2, 0.25) is 18.1 Å². The molecule has 11 heteroatoms. The Morgan fingerprint density at radius 3 is 2.50 bits per heavy atom. The second-order valence-electron chi connectivity index (χ2n) is 10.2. The number of aliphatic hydroxyl groups is 3. The summed E-state index contributed by atoms with van der Waals surface area (Å²) in [6.07, 6.45) is -0.576. The van der Waals surface area contributed by atoms with Gasteiger partial charge >= 0.3 is 0 Å². The van der Waals surface area contributed by atoms with Crippen LogP contribution in [0, 0.1) is 0 Å². The van der Waals surface area contributed by atoms with Crippen molar-refractivity contribution < 1.29 is 24.9 Å². The molecule has 1 aliphatic rings. The Bertz CT molecular complexity index is 1200. The molecule has 2 aromatic heterocycles. The number of ether oxygens (including phenoxy) is 1. The number of carbonyl (C=O) groups is 1. The van der Waals surface area contributed by atoms with Crippen molar-refractivity contribution in [3.63, 3.8) is 0 Å². The number of nitrogens with zero attached hydrogens (tertiary/aromatic N) is 4. The van der Waals surface area contributed by atoms with Crippen molar-refractivity contribution in [2.45, 2.75) is 62.6 Å². The third-order valence-corrected chi connectivity index (χ3v) is 13.7. The number of benzene rings is 1. The van der Waals surface area contributed by atoms with Gasteiger partial charge in [-0.1, -0.05) is 52.1 Å². The molecule has 0 aliphatic carbocycles. The summed E-state index contributed by atoms with van der Waals surface area (Å²) < 4.78 is 7.57. The molecule has 4 rings (SSSR count). The molecule has 4 atom stereocenters. The minimum absolute atomic E-state index is 0.214. The highest BCUT2D eigenvalue weighted by atomic mass is 28.3. The third-order valence-electron chi connectivity index (χ3n) is 7.42. The fraction of sp³-hybridized carbons (Fsp3) is 0.478. The summed E-state index contributed by atoms with van der Waals surface area (Å²) in [5.74, 6) is -0.133. The molecule has 1 aromatic carbocycles. The lowest BCUT2D eigenvalue weighted by atomic mass is 10.1. The molecule has 4 N–H and O–H groups in total. The van der Waals surface area contributed by atoms with E-state index in [-0.39, 0.29) is 16.8 Å². The number of nitrogens with one attached hydrogen (secondary N) is 1. The van der Waals surface area contributed by atoms with E-state index in [0.29, 0.717) is 16.7 Å². The molecule has 1 amide bonds. The lowest BCUT2D eigenvalue weighted by Gasteiger charge is -2.50. The number of hydrogen-bond donors (Lipinski definition) is 4. The van der Waals surface area contributed by atoms with Gasteiger partial charge in [0.2, 0.25) is 0 Å². The molecular weight excluding hydrogens is 454 g/mol. The Hall–Kier alpha value is -2.70. The fourth-order valence-corrected chi connectivity index (χ4v) is 7.31. The maximum absolute atomic E-state index is 12.7. The molecular formula is C23H31N5O5Si. The van der Waals surface area contributed by atoms with E-state index in [9.17, 15) is 20.1 Å². The number of imidazole rings is 1. The topological polar surface area (TPSA) is 143 Å². The van der Waals surface area contributed by atoms with Gasteiger partial charge in [0.05, 0.1) is 21.0 Å². The lowest BCUT2D eigenvalue weighted by molar-refractivity contribution is -0.0673. The summed E-state index contributed by atoms with van der Waals surface area (Å²) in [7, 11) is -2.70. The van der Waals surface area contributed by atoms with E-state index in [0.717, 1.165) is 0 Å². The van der Waals surface area contributed by atoms with Crippen LogP contribution in [0.3, 0.4) is 0 Å². The van der Waals surface area contributed by atoms with Crippen LogP contribution >= 0.6 is 0 Å². The van der Waals surface area contributed by atoms with Crippen molar-refractivity contribution in [1.29, 1.82) is 0 Å². The number of carbonyl (C=O) groups excluding carboxylic acids is 1. The van der Waals surface area contributed by atoms with Crippen molar-refractivity contribution >= 4 is 31.0 Å². The Morgan fingerprint density at radius 1 is 1.21 bits per heavy atom. The van der Waals surface area contributed by atoms with Gasteiger partial charge in [-0.25, -0.2) is 15.0 Å². The highest BCUT2D eigenvalue weighted by Gasteiger charge is 2.67. The predicted molar refractivity (Wildman–Crippen MR) is 129 cm³/mol. The molecule has 0 bridgehead atoms. The van der Waals surface area contributed by atoms with E-state index in [4.69, 9.17) is 4.74 Å². The van der Waals surface area contributed by atoms with Gasteiger partial charge in [-0.2, -0.15) is 0 Å². The average molecular weight is 486 g/mol. The van der Waals surface area contributed by atoms with Crippen LogP contribution in [-0.2, 0) is 4.74 Å². The summed E-state index contributed by atoms with van der Waals surface area (Å²) in [5, 5.41) is 33.8. The molecule has 1 saturated heterocycles. The third kappa shape index (κ3) is 3.64. The summed E-state index contributed by atoms with van der Waals surface area (Å²) in [6, 6.07) is 8.73. The van der Waals surface area contributed by atoms with Crippen LogP contribution in [0.5, 0.6) is 0 Å². The number of aromatic nitrogens is 4. The number of anilines is 1. The van der Waals surface area contributed by atoms with Crippen LogP contribution in [0.4, 0.5) is 5.82 Å². The van der Waals surface area contributed by atoms with Gasteiger partial charge in [0.25, 0.3) is 5.91 Å². The van der Waals surface area contributed by atoms with Crippen molar-refractivity contribution in [3.8, 4) is 0 Å². The van der Waals surface area contributed by atoms with E-state index < -0.39 is 38.3 Å². The Balaban J connectivity index is 1.78. The Labute approximate surface area is 198 Å². The van der Waals surface area contributed by atoms with Crippen molar-refractivity contribution in [3.05, 3.63) is 48.5 Å². The molecule has 0 spiro atoms. The van der Waals surface area contributed by atoms with Crippen LogP contribution in [0.1, 0.15) is 37.4 Å². The van der Waals surface area contributed by atoms with Gasteiger partial charge in [-0.3, -0.25) is 9.36 Å². The predicted octanol–water partition coefficient (Wildman–Crippen LogP) is 2.11. The molecule has 0 saturated carbocycles. The van der Waals surface area contributed by atoms with E-state index in [1.165, 1.54) is 12.7 Å². The van der Waals surface area contributed by atoms with Gasteiger partial charge in [-0.05, 0) is 17.2 Å². The first-order valence-electron chi connectivity index (χ1n) is 11.1. The second kappa shape index (κ2) is 8.50. The molecule has 3 heterocycles. The van der Waals surface area contributed by atoms with Gasteiger partial charge in [0, 0.05) is 5.56 Å². The number of aliphatic hydroxyl groups excluding tert-OH is 2. The molecule has 10 nitrogen and oxygen atoms in total. The number of hydrogen-bond acceptors (Lipinski definition) is 8. The van der Waals surface area contributed by atoms with Gasteiger partial charge in [-0.15, -0.1) is 0 Å². The average Bonchev–Trinajstić information content (AvgIpc) is 3.34. The SMILES string of the molecule is CC(C)(C)[Si](C)(C)[C@@]1(O)[C@H](O)[C@@H](CO)O[C@H]1n1cnc2c(NC(=O)c3ccccc3)ncnc21. The van der Waals surface area contributed by atoms with Crippen LogP contribution in [-0.4, -0.2) is 72.9 Å². The standard InChI is InChI=1S/C23H31N5O5Si/c1-22(2,3)34(4,5)23(32)17(30)15(11-29)33-21(23)28-13-26-16-18(24-12-25-19(16)28)27-20(31)14-9-7-6-8-10-14/h6-10,12-13,15,17,21,29-30,32H,11H2,1-5H3,(H,24,25,27,31)/t15-,17-,21-,23+/m1/s1. The molecule has 0 radical (unpaired) electrons. The zero-order valence-corrected chi connectivity index (χ0v) is 20.9. The largest absolute Gasteiger partial charge is 0.394 e. The van der Waals surface area contributed by atoms with Crippen molar-refractivity contribution in [2.24, 2.45) is 0 Å². The molecule has 34 heavy (non-hydrogen) atoms. The fourth-order valence-electron chi connectivity index (χ4n) is 4.36. The molecule has 0 unspecified atom stereocenters. The molecule has 1 aliphatic heterocycles. The van der Waals surface area contributed by atoms with E-state index in [2.05, 4.69) is 20.3 Å². The number of amides is 1. The second-order valence-corrected chi connectivity index (χ2v) is 15.8. The van der Waals surface area contributed by atoms with Crippen LogP contribution < -0.4 is 5.32 Å². The van der Waals surface area contributed by atoms with E-state index >= 15 is 0 Å². The maximum Gasteiger partial charge on any atom is 0.256 e. The monoisotopic (exact) mass is 485 g/mol. The van der Waals surface area contributed by atoms with Gasteiger partial charge < -0.3 is 25.4 Å². The van der Waals surface area contributed by atoms with Crippen LogP contribution in [0.25, 0.3) is 11.2 Å². The first kappa shape index (κ1) is 24.4. The first-order chi connectivity index (χ1) is 15.9. The molecule has 1 fully saturated rings. The van der Waals surface area contributed by atoms with Gasteiger partial charge in [0.15, 0.2) is 23.2 Å². The summed E-state index contributed by atoms with van der Waals surface area (Å²) in [5.41, 5.74) is 1.11. The molecule has 182 valence electrons. The highest BCUT2D eigenvalue weighted by molar-refractivity contribution is 6.83. The van der Waals surface area contributed by atoms with Gasteiger partial charge in [0.1, 0.15) is 23.8 Å². The summed E-state index contributed by atoms with van der Waals surface area (Å²) in [4.78, 5) is 25.6. The smallest absolute Gasteiger partial charge is 0.256 e. The highest BCUT2D eigenvalue weighted by Crippen LogP contribution is 2.53.